The van der Waals surface area contributed by atoms with Crippen LogP contribution >= 0.6 is 0 Å². The van der Waals surface area contributed by atoms with Crippen molar-refractivity contribution in [3.8, 4) is 5.75 Å². The van der Waals surface area contributed by atoms with Crippen molar-refractivity contribution in [2.24, 2.45) is 0 Å². The Labute approximate surface area is 88.8 Å². The summed E-state index contributed by atoms with van der Waals surface area (Å²) in [6.07, 6.45) is 0. The lowest BCUT2D eigenvalue weighted by Gasteiger charge is -2.32. The lowest BCUT2D eigenvalue weighted by molar-refractivity contribution is -0.118. The zero-order valence-corrected chi connectivity index (χ0v) is 9.07. The number of nitrogens with one attached hydrogen (secondary N) is 1. The maximum absolute atomic E-state index is 11.8. The zero-order valence-electron chi connectivity index (χ0n) is 9.07. The molecule has 80 valence electrons. The van der Waals surface area contributed by atoms with Crippen molar-refractivity contribution >= 4 is 17.3 Å². The Morgan fingerprint density at radius 2 is 2.20 bits per heavy atom. The van der Waals surface area contributed by atoms with E-state index in [1.165, 1.54) is 0 Å². The molecule has 0 fully saturated rings. The molecule has 1 aliphatic heterocycles. The first-order valence-corrected chi connectivity index (χ1v) is 4.86. The zero-order chi connectivity index (χ0) is 11.0. The third kappa shape index (κ3) is 1.42. The Morgan fingerprint density at radius 3 is 2.87 bits per heavy atom. The normalized spacial score (nSPS) is 19.5. The van der Waals surface area contributed by atoms with Crippen LogP contribution in [0.2, 0.25) is 0 Å². The van der Waals surface area contributed by atoms with E-state index in [9.17, 15) is 4.79 Å². The van der Waals surface area contributed by atoms with E-state index in [0.717, 1.165) is 11.4 Å². The minimum Gasteiger partial charge on any atom is -0.494 e. The van der Waals surface area contributed by atoms with E-state index >= 15 is 0 Å². The van der Waals surface area contributed by atoms with Crippen LogP contribution in [0.5, 0.6) is 5.75 Å². The largest absolute Gasteiger partial charge is 0.494 e. The fourth-order valence-electron chi connectivity index (χ4n) is 1.85. The van der Waals surface area contributed by atoms with Crippen LogP contribution < -0.4 is 15.0 Å². The molecule has 1 aromatic carbocycles. The average Bonchev–Trinajstić information content (AvgIpc) is 2.25. The van der Waals surface area contributed by atoms with Crippen molar-refractivity contribution in [2.45, 2.75) is 13.0 Å². The van der Waals surface area contributed by atoms with Crippen LogP contribution in [0.15, 0.2) is 18.2 Å². The van der Waals surface area contributed by atoms with Gasteiger partial charge in [0.15, 0.2) is 0 Å². The molecular weight excluding hydrogens is 192 g/mol. The van der Waals surface area contributed by atoms with Crippen molar-refractivity contribution in [1.82, 2.24) is 0 Å². The molecule has 1 aromatic rings. The number of hydrogen-bond acceptors (Lipinski definition) is 3. The molecule has 1 unspecified atom stereocenters. The molecule has 0 aromatic heterocycles. The summed E-state index contributed by atoms with van der Waals surface area (Å²) >= 11 is 0. The van der Waals surface area contributed by atoms with E-state index in [1.807, 2.05) is 25.1 Å². The number of likely N-dealkylation sites (N-methyl/N-ethyl adjacent to an activating group) is 1. The molecule has 0 aliphatic carbocycles. The highest BCUT2D eigenvalue weighted by molar-refractivity contribution is 6.05. The van der Waals surface area contributed by atoms with Gasteiger partial charge >= 0.3 is 0 Å². The molecule has 4 heteroatoms. The highest BCUT2D eigenvalue weighted by Gasteiger charge is 2.28. The fourth-order valence-corrected chi connectivity index (χ4v) is 1.85. The molecular formula is C11H14N2O2. The van der Waals surface area contributed by atoms with Crippen LogP contribution in [0.4, 0.5) is 11.4 Å². The number of para-hydroxylation sites is 1. The topological polar surface area (TPSA) is 41.6 Å². The number of rotatable bonds is 1. The Morgan fingerprint density at radius 1 is 1.47 bits per heavy atom. The van der Waals surface area contributed by atoms with Crippen LogP contribution in [0.1, 0.15) is 6.92 Å². The minimum atomic E-state index is -0.186. The SMILES string of the molecule is COc1cccc2c1N(C)C(=O)C(C)N2. The summed E-state index contributed by atoms with van der Waals surface area (Å²) < 4.78 is 5.23. The lowest BCUT2D eigenvalue weighted by Crippen LogP contribution is -2.43. The fraction of sp³-hybridized carbons (Fsp3) is 0.364. The van der Waals surface area contributed by atoms with Crippen LogP contribution in [-0.4, -0.2) is 26.1 Å². The highest BCUT2D eigenvalue weighted by atomic mass is 16.5. The standard InChI is InChI=1S/C11H14N2O2/c1-7-11(14)13(2)10-8(12-7)5-4-6-9(10)15-3/h4-7,12H,1-3H3. The van der Waals surface area contributed by atoms with Gasteiger partial charge in [-0.05, 0) is 19.1 Å². The quantitative estimate of drug-likeness (QED) is 0.756. The predicted octanol–water partition coefficient (Wildman–Crippen LogP) is 1.47. The van der Waals surface area contributed by atoms with Gasteiger partial charge in [0, 0.05) is 7.05 Å². The number of anilines is 2. The molecule has 1 heterocycles. The van der Waals surface area contributed by atoms with Gasteiger partial charge in [-0.1, -0.05) is 6.07 Å². The number of benzene rings is 1. The summed E-state index contributed by atoms with van der Waals surface area (Å²) in [5.41, 5.74) is 1.74. The van der Waals surface area contributed by atoms with Crippen molar-refractivity contribution in [3.05, 3.63) is 18.2 Å². The summed E-state index contributed by atoms with van der Waals surface area (Å²) in [5.74, 6) is 0.759. The van der Waals surface area contributed by atoms with Gasteiger partial charge in [0.2, 0.25) is 5.91 Å². The monoisotopic (exact) mass is 206 g/mol. The van der Waals surface area contributed by atoms with Crippen LogP contribution in [0, 0.1) is 0 Å². The summed E-state index contributed by atoms with van der Waals surface area (Å²) in [4.78, 5) is 13.4. The Balaban J connectivity index is 2.55. The maximum atomic E-state index is 11.8. The van der Waals surface area contributed by atoms with Gasteiger partial charge in [-0.25, -0.2) is 0 Å². The number of hydrogen-bond donors (Lipinski definition) is 1. The van der Waals surface area contributed by atoms with Crippen molar-refractivity contribution in [1.29, 1.82) is 0 Å². The first-order chi connectivity index (χ1) is 7.15. The van der Waals surface area contributed by atoms with Crippen LogP contribution in [0.3, 0.4) is 0 Å². The third-order valence-electron chi connectivity index (χ3n) is 2.63. The Bertz CT molecular complexity index is 404. The van der Waals surface area contributed by atoms with E-state index in [4.69, 9.17) is 4.74 Å². The van der Waals surface area contributed by atoms with Crippen molar-refractivity contribution in [3.63, 3.8) is 0 Å². The van der Waals surface area contributed by atoms with E-state index in [1.54, 1.807) is 19.1 Å². The lowest BCUT2D eigenvalue weighted by atomic mass is 10.1. The predicted molar refractivity (Wildman–Crippen MR) is 59.5 cm³/mol. The first-order valence-electron chi connectivity index (χ1n) is 4.86. The Hall–Kier alpha value is -1.71. The van der Waals surface area contributed by atoms with Gasteiger partial charge in [-0.3, -0.25) is 4.79 Å². The van der Waals surface area contributed by atoms with E-state index < -0.39 is 0 Å². The molecule has 1 N–H and O–H groups in total. The molecule has 0 saturated heterocycles. The number of carbonyl (C=O) groups excluding carboxylic acids is 1. The van der Waals surface area contributed by atoms with Gasteiger partial charge < -0.3 is 15.0 Å². The summed E-state index contributed by atoms with van der Waals surface area (Å²) in [5, 5.41) is 3.14. The minimum absolute atomic E-state index is 0.0481. The number of nitrogens with zero attached hydrogens (tertiary/aromatic N) is 1. The smallest absolute Gasteiger partial charge is 0.249 e. The van der Waals surface area contributed by atoms with Gasteiger partial charge in [0.25, 0.3) is 0 Å². The first kappa shape index (κ1) is 9.83. The highest BCUT2D eigenvalue weighted by Crippen LogP contribution is 2.38. The molecule has 1 amide bonds. The number of amides is 1. The van der Waals surface area contributed by atoms with Crippen LogP contribution in [0.25, 0.3) is 0 Å². The molecule has 0 bridgehead atoms. The number of ether oxygens (including phenoxy) is 1. The molecule has 1 aliphatic rings. The average molecular weight is 206 g/mol. The molecule has 0 saturated carbocycles. The molecule has 2 rings (SSSR count). The van der Waals surface area contributed by atoms with Gasteiger partial charge in [0.05, 0.1) is 12.8 Å². The number of fused-ring (bicyclic) bond motifs is 1. The number of methoxy groups -OCH3 is 1. The summed E-state index contributed by atoms with van der Waals surface area (Å²) in [6, 6.07) is 5.51. The van der Waals surface area contributed by atoms with Gasteiger partial charge in [-0.15, -0.1) is 0 Å². The second-order valence-corrected chi connectivity index (χ2v) is 3.62. The summed E-state index contributed by atoms with van der Waals surface area (Å²) in [6.45, 7) is 1.85. The number of carbonyl (C=O) groups is 1. The third-order valence-corrected chi connectivity index (χ3v) is 2.63. The molecule has 0 radical (unpaired) electrons. The maximum Gasteiger partial charge on any atom is 0.249 e. The molecule has 1 atom stereocenters. The molecule has 0 spiro atoms. The van der Waals surface area contributed by atoms with Crippen molar-refractivity contribution < 1.29 is 9.53 Å². The van der Waals surface area contributed by atoms with Gasteiger partial charge in [-0.2, -0.15) is 0 Å². The summed E-state index contributed by atoms with van der Waals surface area (Å²) in [7, 11) is 3.37. The Kier molecular flexibility index (Phi) is 2.26. The second-order valence-electron chi connectivity index (χ2n) is 3.62. The van der Waals surface area contributed by atoms with Gasteiger partial charge in [0.1, 0.15) is 17.5 Å². The van der Waals surface area contributed by atoms with E-state index in [-0.39, 0.29) is 11.9 Å². The second kappa shape index (κ2) is 3.46. The van der Waals surface area contributed by atoms with E-state index in [0.29, 0.717) is 5.75 Å². The molecule has 4 nitrogen and oxygen atoms in total. The molecule has 15 heavy (non-hydrogen) atoms. The van der Waals surface area contributed by atoms with E-state index in [2.05, 4.69) is 5.32 Å². The van der Waals surface area contributed by atoms with Crippen LogP contribution in [-0.2, 0) is 4.79 Å². The van der Waals surface area contributed by atoms with Crippen molar-refractivity contribution in [2.75, 3.05) is 24.4 Å².